The van der Waals surface area contributed by atoms with Gasteiger partial charge in [0.2, 0.25) is 0 Å². The second kappa shape index (κ2) is 6.39. The molecular formula is C15H16BrFN2O2. The van der Waals surface area contributed by atoms with Crippen LogP contribution >= 0.6 is 15.9 Å². The van der Waals surface area contributed by atoms with E-state index < -0.39 is 11.8 Å². The van der Waals surface area contributed by atoms with Crippen molar-refractivity contribution in [1.82, 2.24) is 9.78 Å². The maximum atomic E-state index is 14.1. The van der Waals surface area contributed by atoms with Gasteiger partial charge in [-0.15, -0.1) is 0 Å². The molecule has 2 aromatic rings. The molecule has 1 aromatic heterocycles. The van der Waals surface area contributed by atoms with E-state index in [9.17, 15) is 14.3 Å². The second-order valence-electron chi connectivity index (χ2n) is 4.77. The Balaban J connectivity index is 2.58. The van der Waals surface area contributed by atoms with Crippen molar-refractivity contribution in [2.75, 3.05) is 0 Å². The Bertz CT molecular complexity index is 666. The lowest BCUT2D eigenvalue weighted by atomic mass is 10.1. The van der Waals surface area contributed by atoms with Crippen molar-refractivity contribution in [1.29, 1.82) is 0 Å². The Kier molecular flexibility index (Phi) is 4.77. The normalized spacial score (nSPS) is 11.1. The van der Waals surface area contributed by atoms with Gasteiger partial charge in [-0.1, -0.05) is 29.8 Å². The lowest BCUT2D eigenvalue weighted by Gasteiger charge is -2.12. The van der Waals surface area contributed by atoms with Gasteiger partial charge in [0.05, 0.1) is 6.04 Å². The summed E-state index contributed by atoms with van der Waals surface area (Å²) in [5.74, 6) is -1.61. The third-order valence-electron chi connectivity index (χ3n) is 3.47. The van der Waals surface area contributed by atoms with E-state index in [0.717, 1.165) is 12.8 Å². The fourth-order valence-electron chi connectivity index (χ4n) is 2.28. The summed E-state index contributed by atoms with van der Waals surface area (Å²) in [5.41, 5.74) is 0.378. The molecule has 4 nitrogen and oxygen atoms in total. The highest BCUT2D eigenvalue weighted by Gasteiger charge is 2.21. The standard InChI is InChI=1S/C15H16BrFN2O2/c1-3-10(4-2)19-8-12(15(20)21)14(18-19)11-6-5-9(16)7-13(11)17/h5-8,10H,3-4H2,1-2H3,(H,20,21). The third-order valence-corrected chi connectivity index (χ3v) is 3.96. The van der Waals surface area contributed by atoms with Gasteiger partial charge in [0.1, 0.15) is 17.1 Å². The maximum absolute atomic E-state index is 14.1. The largest absolute Gasteiger partial charge is 0.478 e. The summed E-state index contributed by atoms with van der Waals surface area (Å²) < 4.78 is 16.3. The minimum Gasteiger partial charge on any atom is -0.478 e. The molecule has 0 aliphatic carbocycles. The molecule has 1 N–H and O–H groups in total. The molecule has 6 heteroatoms. The van der Waals surface area contributed by atoms with Crippen LogP contribution in [0.4, 0.5) is 4.39 Å². The molecule has 0 unspecified atom stereocenters. The summed E-state index contributed by atoms with van der Waals surface area (Å²) in [4.78, 5) is 11.4. The molecule has 0 spiro atoms. The topological polar surface area (TPSA) is 55.1 Å². The first-order valence-corrected chi connectivity index (χ1v) is 7.55. The first kappa shape index (κ1) is 15.7. The molecule has 112 valence electrons. The minimum absolute atomic E-state index is 0.0168. The number of carboxylic acids is 1. The van der Waals surface area contributed by atoms with Gasteiger partial charge in [-0.2, -0.15) is 5.10 Å². The van der Waals surface area contributed by atoms with Crippen LogP contribution in [0.3, 0.4) is 0 Å². The zero-order chi connectivity index (χ0) is 15.6. The number of benzene rings is 1. The van der Waals surface area contributed by atoms with E-state index >= 15 is 0 Å². The van der Waals surface area contributed by atoms with Gasteiger partial charge in [0.15, 0.2) is 0 Å². The quantitative estimate of drug-likeness (QED) is 0.859. The highest BCUT2D eigenvalue weighted by atomic mass is 79.9. The van der Waals surface area contributed by atoms with Crippen LogP contribution in [0.25, 0.3) is 11.3 Å². The van der Waals surface area contributed by atoms with E-state index in [1.165, 1.54) is 18.3 Å². The fraction of sp³-hybridized carbons (Fsp3) is 0.333. The van der Waals surface area contributed by atoms with Crippen LogP contribution in [0.1, 0.15) is 43.1 Å². The summed E-state index contributed by atoms with van der Waals surface area (Å²) in [6.45, 7) is 4.02. The molecule has 0 aliphatic rings. The Morgan fingerprint density at radius 2 is 2.10 bits per heavy atom. The third kappa shape index (κ3) is 3.15. The van der Waals surface area contributed by atoms with E-state index in [-0.39, 0.29) is 22.9 Å². The molecule has 0 aliphatic heterocycles. The van der Waals surface area contributed by atoms with Crippen molar-refractivity contribution in [2.45, 2.75) is 32.7 Å². The van der Waals surface area contributed by atoms with E-state index in [1.54, 1.807) is 10.7 Å². The van der Waals surface area contributed by atoms with Crippen molar-refractivity contribution in [3.8, 4) is 11.3 Å². The molecule has 1 aromatic carbocycles. The monoisotopic (exact) mass is 354 g/mol. The molecule has 0 saturated heterocycles. The number of aromatic carboxylic acids is 1. The predicted octanol–water partition coefficient (Wildman–Crippen LogP) is 4.51. The molecule has 0 bridgehead atoms. The van der Waals surface area contributed by atoms with Gasteiger partial charge in [0.25, 0.3) is 0 Å². The van der Waals surface area contributed by atoms with Crippen molar-refractivity contribution in [2.24, 2.45) is 0 Å². The van der Waals surface area contributed by atoms with Crippen LogP contribution in [0.15, 0.2) is 28.9 Å². The number of halogens is 2. The molecule has 0 atom stereocenters. The molecule has 0 saturated carbocycles. The highest BCUT2D eigenvalue weighted by Crippen LogP contribution is 2.29. The van der Waals surface area contributed by atoms with Crippen LogP contribution in [0.2, 0.25) is 0 Å². The Hall–Kier alpha value is -1.69. The zero-order valence-electron chi connectivity index (χ0n) is 11.8. The number of carbonyl (C=O) groups is 1. The average Bonchev–Trinajstić information content (AvgIpc) is 2.85. The molecular weight excluding hydrogens is 339 g/mol. The van der Waals surface area contributed by atoms with E-state index in [2.05, 4.69) is 21.0 Å². The smallest absolute Gasteiger partial charge is 0.339 e. The summed E-state index contributed by atoms with van der Waals surface area (Å²) in [5, 5.41) is 13.6. The summed E-state index contributed by atoms with van der Waals surface area (Å²) in [6.07, 6.45) is 3.15. The number of hydrogen-bond donors (Lipinski definition) is 1. The van der Waals surface area contributed by atoms with Gasteiger partial charge in [-0.25, -0.2) is 9.18 Å². The van der Waals surface area contributed by atoms with Crippen LogP contribution in [0.5, 0.6) is 0 Å². The van der Waals surface area contributed by atoms with Crippen molar-refractivity contribution in [3.05, 3.63) is 40.2 Å². The van der Waals surface area contributed by atoms with Crippen LogP contribution in [-0.2, 0) is 0 Å². The number of nitrogens with zero attached hydrogens (tertiary/aromatic N) is 2. The summed E-state index contributed by atoms with van der Waals surface area (Å²) in [6, 6.07) is 4.61. The van der Waals surface area contributed by atoms with Gasteiger partial charge in [-0.3, -0.25) is 4.68 Å². The van der Waals surface area contributed by atoms with E-state index in [1.807, 2.05) is 13.8 Å². The van der Waals surface area contributed by atoms with Crippen molar-refractivity contribution >= 4 is 21.9 Å². The van der Waals surface area contributed by atoms with Gasteiger partial charge >= 0.3 is 5.97 Å². The Morgan fingerprint density at radius 3 is 2.62 bits per heavy atom. The van der Waals surface area contributed by atoms with Crippen LogP contribution in [0, 0.1) is 5.82 Å². The van der Waals surface area contributed by atoms with E-state index in [4.69, 9.17) is 0 Å². The highest BCUT2D eigenvalue weighted by molar-refractivity contribution is 9.10. The number of carboxylic acid groups (broad SMARTS) is 1. The molecule has 0 radical (unpaired) electrons. The lowest BCUT2D eigenvalue weighted by molar-refractivity contribution is 0.0697. The lowest BCUT2D eigenvalue weighted by Crippen LogP contribution is -2.07. The fourth-order valence-corrected chi connectivity index (χ4v) is 2.61. The maximum Gasteiger partial charge on any atom is 0.339 e. The SMILES string of the molecule is CCC(CC)n1cc(C(=O)O)c(-c2ccc(Br)cc2F)n1. The summed E-state index contributed by atoms with van der Waals surface area (Å²) >= 11 is 3.19. The van der Waals surface area contributed by atoms with Gasteiger partial charge in [-0.05, 0) is 31.0 Å². The summed E-state index contributed by atoms with van der Waals surface area (Å²) in [7, 11) is 0. The van der Waals surface area contributed by atoms with Crippen molar-refractivity contribution < 1.29 is 14.3 Å². The number of hydrogen-bond acceptors (Lipinski definition) is 2. The van der Waals surface area contributed by atoms with Crippen LogP contribution in [-0.4, -0.2) is 20.9 Å². The number of rotatable bonds is 5. The Labute approximate surface area is 130 Å². The molecule has 2 rings (SSSR count). The molecule has 0 amide bonds. The first-order chi connectivity index (χ1) is 9.97. The van der Waals surface area contributed by atoms with Gasteiger partial charge in [0, 0.05) is 16.2 Å². The van der Waals surface area contributed by atoms with Crippen molar-refractivity contribution in [3.63, 3.8) is 0 Å². The Morgan fingerprint density at radius 1 is 1.43 bits per heavy atom. The number of aromatic nitrogens is 2. The first-order valence-electron chi connectivity index (χ1n) is 6.75. The minimum atomic E-state index is -1.11. The van der Waals surface area contributed by atoms with Gasteiger partial charge < -0.3 is 5.11 Å². The average molecular weight is 355 g/mol. The molecule has 0 fully saturated rings. The molecule has 21 heavy (non-hydrogen) atoms. The zero-order valence-corrected chi connectivity index (χ0v) is 13.4. The molecule has 1 heterocycles. The second-order valence-corrected chi connectivity index (χ2v) is 5.69. The van der Waals surface area contributed by atoms with Crippen LogP contribution < -0.4 is 0 Å². The van der Waals surface area contributed by atoms with E-state index in [0.29, 0.717) is 4.47 Å². The predicted molar refractivity (Wildman–Crippen MR) is 81.9 cm³/mol.